The number of pyridine rings is 2. The number of carboxylic acids is 1. The molecule has 0 spiro atoms. The first-order chi connectivity index (χ1) is 12.9. The van der Waals surface area contributed by atoms with Crippen LogP contribution in [0.15, 0.2) is 47.4 Å². The third-order valence-electron chi connectivity index (χ3n) is 5.41. The third kappa shape index (κ3) is 2.94. The second-order valence-corrected chi connectivity index (χ2v) is 7.38. The van der Waals surface area contributed by atoms with Gasteiger partial charge >= 0.3 is 5.97 Å². The van der Waals surface area contributed by atoms with Crippen LogP contribution in [0.1, 0.15) is 58.8 Å². The molecule has 0 aliphatic heterocycles. The summed E-state index contributed by atoms with van der Waals surface area (Å²) >= 11 is 0. The van der Waals surface area contributed by atoms with Crippen molar-refractivity contribution in [3.63, 3.8) is 0 Å². The monoisotopic (exact) mass is 362 g/mol. The van der Waals surface area contributed by atoms with E-state index in [2.05, 4.69) is 0 Å². The van der Waals surface area contributed by atoms with E-state index in [1.54, 1.807) is 12.3 Å². The standard InChI is InChI=1S/C22H22N2O3/c1-12-17(15-5-3-14(4-6-15)13(2)23)9-10-24-20(12)18(16-7-8-16)11-19(21(24)25)22(26)27/h3-6,9-11,13,16H,7-8,23H2,1-2H3,(H,26,27). The smallest absolute Gasteiger partial charge is 0.341 e. The molecule has 0 saturated heterocycles. The Morgan fingerprint density at radius 3 is 2.44 bits per heavy atom. The first-order valence-corrected chi connectivity index (χ1v) is 9.16. The highest BCUT2D eigenvalue weighted by Gasteiger charge is 2.29. The number of fused-ring (bicyclic) bond motifs is 1. The van der Waals surface area contributed by atoms with E-state index in [4.69, 9.17) is 5.73 Å². The van der Waals surface area contributed by atoms with Crippen LogP contribution in [0.4, 0.5) is 0 Å². The summed E-state index contributed by atoms with van der Waals surface area (Å²) in [5, 5.41) is 9.40. The van der Waals surface area contributed by atoms with E-state index in [9.17, 15) is 14.7 Å². The minimum absolute atomic E-state index is 0.0220. The highest BCUT2D eigenvalue weighted by Crippen LogP contribution is 2.43. The molecule has 5 nitrogen and oxygen atoms in total. The molecule has 27 heavy (non-hydrogen) atoms. The predicted molar refractivity (Wildman–Crippen MR) is 105 cm³/mol. The van der Waals surface area contributed by atoms with Gasteiger partial charge in [-0.15, -0.1) is 0 Å². The summed E-state index contributed by atoms with van der Waals surface area (Å²) in [6.45, 7) is 3.94. The Bertz CT molecular complexity index is 1110. The van der Waals surface area contributed by atoms with Crippen LogP contribution >= 0.6 is 0 Å². The molecule has 1 aliphatic rings. The zero-order valence-electron chi connectivity index (χ0n) is 15.4. The minimum atomic E-state index is -1.18. The number of benzene rings is 1. The van der Waals surface area contributed by atoms with Gasteiger partial charge in [0.2, 0.25) is 0 Å². The number of nitrogens with zero attached hydrogens (tertiary/aromatic N) is 1. The van der Waals surface area contributed by atoms with Crippen molar-refractivity contribution in [1.82, 2.24) is 4.40 Å². The van der Waals surface area contributed by atoms with Crippen molar-refractivity contribution in [1.29, 1.82) is 0 Å². The average molecular weight is 362 g/mol. The lowest BCUT2D eigenvalue weighted by molar-refractivity contribution is 0.0694. The highest BCUT2D eigenvalue weighted by molar-refractivity contribution is 5.89. The van der Waals surface area contributed by atoms with Gasteiger partial charge in [0.1, 0.15) is 5.56 Å². The minimum Gasteiger partial charge on any atom is -0.477 e. The maximum atomic E-state index is 12.7. The summed E-state index contributed by atoms with van der Waals surface area (Å²) in [5.41, 5.74) is 11.2. The van der Waals surface area contributed by atoms with E-state index >= 15 is 0 Å². The Kier molecular flexibility index (Phi) is 4.12. The largest absolute Gasteiger partial charge is 0.477 e. The number of carboxylic acid groups (broad SMARTS) is 1. The molecule has 5 heteroatoms. The summed E-state index contributed by atoms with van der Waals surface area (Å²) in [6.07, 6.45) is 3.75. The number of hydrogen-bond donors (Lipinski definition) is 2. The molecular weight excluding hydrogens is 340 g/mol. The lowest BCUT2D eigenvalue weighted by atomic mass is 9.95. The molecule has 1 fully saturated rings. The zero-order chi connectivity index (χ0) is 19.3. The lowest BCUT2D eigenvalue weighted by Crippen LogP contribution is -2.23. The number of nitrogens with two attached hydrogens (primary N) is 1. The topological polar surface area (TPSA) is 84.8 Å². The summed E-state index contributed by atoms with van der Waals surface area (Å²) in [7, 11) is 0. The molecule has 1 saturated carbocycles. The van der Waals surface area contributed by atoms with Gasteiger partial charge in [-0.05, 0) is 72.6 Å². The maximum absolute atomic E-state index is 12.7. The Hall–Kier alpha value is -2.92. The molecular formula is C22H22N2O3. The molecule has 1 aliphatic carbocycles. The number of carbonyl (C=O) groups is 1. The molecule has 0 amide bonds. The van der Waals surface area contributed by atoms with Crippen LogP contribution in [-0.2, 0) is 0 Å². The van der Waals surface area contributed by atoms with Crippen LogP contribution in [0, 0.1) is 6.92 Å². The van der Waals surface area contributed by atoms with Crippen molar-refractivity contribution < 1.29 is 9.90 Å². The van der Waals surface area contributed by atoms with E-state index in [1.807, 2.05) is 44.2 Å². The highest BCUT2D eigenvalue weighted by atomic mass is 16.4. The first kappa shape index (κ1) is 17.5. The molecule has 1 atom stereocenters. The van der Waals surface area contributed by atoms with Crippen LogP contribution in [0.2, 0.25) is 0 Å². The summed E-state index contributed by atoms with van der Waals surface area (Å²) in [4.78, 5) is 24.2. The average Bonchev–Trinajstić information content (AvgIpc) is 3.47. The number of rotatable bonds is 4. The maximum Gasteiger partial charge on any atom is 0.341 e. The molecule has 0 radical (unpaired) electrons. The molecule has 1 aromatic carbocycles. The van der Waals surface area contributed by atoms with Crippen LogP contribution in [-0.4, -0.2) is 15.5 Å². The fourth-order valence-electron chi connectivity index (χ4n) is 3.73. The van der Waals surface area contributed by atoms with Crippen LogP contribution in [0.25, 0.3) is 16.6 Å². The molecule has 2 heterocycles. The Morgan fingerprint density at radius 1 is 1.22 bits per heavy atom. The van der Waals surface area contributed by atoms with Gasteiger partial charge in [0.05, 0.1) is 5.52 Å². The van der Waals surface area contributed by atoms with Crippen molar-refractivity contribution in [2.75, 3.05) is 0 Å². The molecule has 1 unspecified atom stereocenters. The number of aromatic carboxylic acids is 1. The van der Waals surface area contributed by atoms with Crippen molar-refractivity contribution in [2.45, 2.75) is 38.6 Å². The fraction of sp³-hybridized carbons (Fsp3) is 0.273. The van der Waals surface area contributed by atoms with E-state index < -0.39 is 11.5 Å². The Labute approximate surface area is 157 Å². The van der Waals surface area contributed by atoms with Gasteiger partial charge in [0, 0.05) is 12.2 Å². The van der Waals surface area contributed by atoms with Gasteiger partial charge in [-0.2, -0.15) is 0 Å². The quantitative estimate of drug-likeness (QED) is 0.738. The zero-order valence-corrected chi connectivity index (χ0v) is 15.4. The van der Waals surface area contributed by atoms with Crippen LogP contribution in [0.3, 0.4) is 0 Å². The number of hydrogen-bond acceptors (Lipinski definition) is 3. The van der Waals surface area contributed by atoms with Crippen LogP contribution in [0.5, 0.6) is 0 Å². The second-order valence-electron chi connectivity index (χ2n) is 7.38. The van der Waals surface area contributed by atoms with Crippen LogP contribution < -0.4 is 11.3 Å². The van der Waals surface area contributed by atoms with Gasteiger partial charge in [-0.1, -0.05) is 24.3 Å². The number of aromatic nitrogens is 1. The number of aryl methyl sites for hydroxylation is 1. The first-order valence-electron chi connectivity index (χ1n) is 9.16. The summed E-state index contributed by atoms with van der Waals surface area (Å²) in [5.74, 6) is -0.849. The molecule has 0 bridgehead atoms. The van der Waals surface area contributed by atoms with Gasteiger partial charge in [0.15, 0.2) is 0 Å². The molecule has 3 N–H and O–H groups in total. The van der Waals surface area contributed by atoms with Crippen molar-refractivity contribution >= 4 is 11.5 Å². The van der Waals surface area contributed by atoms with Gasteiger partial charge in [0.25, 0.3) is 5.56 Å². The van der Waals surface area contributed by atoms with Crippen molar-refractivity contribution in [3.8, 4) is 11.1 Å². The normalized spacial score (nSPS) is 15.1. The third-order valence-corrected chi connectivity index (χ3v) is 5.41. The Balaban J connectivity index is 1.96. The van der Waals surface area contributed by atoms with Gasteiger partial charge in [-0.25, -0.2) is 4.79 Å². The SMILES string of the molecule is Cc1c(-c2ccc(C(C)N)cc2)ccn2c(=O)c(C(=O)O)cc(C3CC3)c12. The second kappa shape index (κ2) is 6.35. The van der Waals surface area contributed by atoms with Crippen molar-refractivity contribution in [2.24, 2.45) is 5.73 Å². The predicted octanol–water partition coefficient (Wildman–Crippen LogP) is 3.87. The van der Waals surface area contributed by atoms with Crippen molar-refractivity contribution in [3.05, 3.63) is 75.2 Å². The van der Waals surface area contributed by atoms with Gasteiger partial charge < -0.3 is 10.8 Å². The molecule has 2 aromatic heterocycles. The Morgan fingerprint density at radius 2 is 1.89 bits per heavy atom. The summed E-state index contributed by atoms with van der Waals surface area (Å²) in [6, 6.07) is 11.6. The fourth-order valence-corrected chi connectivity index (χ4v) is 3.73. The molecule has 4 rings (SSSR count). The molecule has 3 aromatic rings. The summed E-state index contributed by atoms with van der Waals surface area (Å²) < 4.78 is 1.49. The van der Waals surface area contributed by atoms with E-state index in [-0.39, 0.29) is 11.6 Å². The van der Waals surface area contributed by atoms with E-state index in [0.29, 0.717) is 5.92 Å². The lowest BCUT2D eigenvalue weighted by Gasteiger charge is -2.16. The van der Waals surface area contributed by atoms with E-state index in [0.717, 1.165) is 46.2 Å². The molecule has 138 valence electrons. The van der Waals surface area contributed by atoms with Gasteiger partial charge in [-0.3, -0.25) is 9.20 Å². The van der Waals surface area contributed by atoms with E-state index in [1.165, 1.54) is 4.40 Å².